The molecule has 0 aromatic carbocycles. The molecule has 0 aliphatic rings. The predicted molar refractivity (Wildman–Crippen MR) is 58.5 cm³/mol. The Morgan fingerprint density at radius 2 is 2.40 bits per heavy atom. The third kappa shape index (κ3) is 3.22. The monoisotopic (exact) mass is 205 g/mol. The van der Waals surface area contributed by atoms with E-state index in [-0.39, 0.29) is 6.10 Å². The van der Waals surface area contributed by atoms with Gasteiger partial charge in [-0.15, -0.1) is 0 Å². The maximum atomic E-state index is 9.16. The number of hydrogen-bond acceptors (Lipinski definition) is 4. The summed E-state index contributed by atoms with van der Waals surface area (Å²) >= 11 is 0. The van der Waals surface area contributed by atoms with Gasteiger partial charge in [0.25, 0.3) is 0 Å². The normalized spacial score (nSPS) is 11.9. The van der Waals surface area contributed by atoms with Crippen molar-refractivity contribution in [3.63, 3.8) is 0 Å². The van der Waals surface area contributed by atoms with Gasteiger partial charge in [0.05, 0.1) is 11.7 Å². The molecule has 1 heterocycles. The highest BCUT2D eigenvalue weighted by Crippen LogP contribution is 2.14. The van der Waals surface area contributed by atoms with E-state index in [1.807, 2.05) is 11.9 Å². The number of hydrogen-bond donors (Lipinski definition) is 1. The topological polar surface area (TPSA) is 60.1 Å². The number of aliphatic hydroxyl groups excluding tert-OH is 1. The first-order valence-corrected chi connectivity index (χ1v) is 4.89. The van der Waals surface area contributed by atoms with Crippen LogP contribution < -0.4 is 4.90 Å². The lowest BCUT2D eigenvalue weighted by Gasteiger charge is -2.19. The van der Waals surface area contributed by atoms with Gasteiger partial charge in [-0.2, -0.15) is 5.26 Å². The molecule has 0 aliphatic carbocycles. The van der Waals surface area contributed by atoms with E-state index in [2.05, 4.69) is 11.1 Å². The van der Waals surface area contributed by atoms with Crippen LogP contribution in [0.1, 0.15) is 18.9 Å². The Hall–Kier alpha value is -1.60. The summed E-state index contributed by atoms with van der Waals surface area (Å²) in [4.78, 5) is 6.03. The van der Waals surface area contributed by atoms with E-state index in [0.29, 0.717) is 24.3 Å². The standard InChI is InChI=1S/C11H15N3O/c1-9(15)5-7-14(2)11-10(8-12)4-3-6-13-11/h3-4,6,9,15H,5,7H2,1-2H3. The number of nitriles is 1. The molecule has 15 heavy (non-hydrogen) atoms. The van der Waals surface area contributed by atoms with E-state index < -0.39 is 0 Å². The van der Waals surface area contributed by atoms with Crippen LogP contribution in [0.2, 0.25) is 0 Å². The highest BCUT2D eigenvalue weighted by Gasteiger charge is 2.08. The first kappa shape index (κ1) is 11.5. The van der Waals surface area contributed by atoms with E-state index in [0.717, 1.165) is 0 Å². The van der Waals surface area contributed by atoms with Crippen LogP contribution in [0.3, 0.4) is 0 Å². The second kappa shape index (κ2) is 5.32. The molecule has 1 unspecified atom stereocenters. The Morgan fingerprint density at radius 3 is 3.00 bits per heavy atom. The molecule has 0 fully saturated rings. The molecule has 0 spiro atoms. The number of aliphatic hydroxyl groups is 1. The highest BCUT2D eigenvalue weighted by molar-refractivity contribution is 5.52. The minimum absolute atomic E-state index is 0.332. The molecule has 0 radical (unpaired) electrons. The van der Waals surface area contributed by atoms with Crippen molar-refractivity contribution in [2.24, 2.45) is 0 Å². The van der Waals surface area contributed by atoms with Crippen LogP contribution >= 0.6 is 0 Å². The maximum absolute atomic E-state index is 9.16. The Bertz CT molecular complexity index is 357. The lowest BCUT2D eigenvalue weighted by molar-refractivity contribution is 0.187. The van der Waals surface area contributed by atoms with Gasteiger partial charge >= 0.3 is 0 Å². The lowest BCUT2D eigenvalue weighted by atomic mass is 10.2. The van der Waals surface area contributed by atoms with E-state index in [1.54, 1.807) is 25.3 Å². The summed E-state index contributed by atoms with van der Waals surface area (Å²) in [5.74, 6) is 0.667. The highest BCUT2D eigenvalue weighted by atomic mass is 16.3. The van der Waals surface area contributed by atoms with Gasteiger partial charge in [-0.25, -0.2) is 4.98 Å². The van der Waals surface area contributed by atoms with Gasteiger partial charge in [0.15, 0.2) is 0 Å². The van der Waals surface area contributed by atoms with Gasteiger partial charge in [0.2, 0.25) is 0 Å². The summed E-state index contributed by atoms with van der Waals surface area (Å²) in [5, 5.41) is 18.0. The average Bonchev–Trinajstić information content (AvgIpc) is 2.25. The molecule has 0 aliphatic heterocycles. The number of aromatic nitrogens is 1. The molecule has 0 amide bonds. The van der Waals surface area contributed by atoms with Crippen molar-refractivity contribution in [1.29, 1.82) is 5.26 Å². The van der Waals surface area contributed by atoms with Gasteiger partial charge in [0, 0.05) is 19.8 Å². The fourth-order valence-electron chi connectivity index (χ4n) is 1.27. The molecule has 0 saturated carbocycles. The quantitative estimate of drug-likeness (QED) is 0.801. The molecular weight excluding hydrogens is 190 g/mol. The molecular formula is C11H15N3O. The second-order valence-corrected chi connectivity index (χ2v) is 3.55. The molecule has 1 rings (SSSR count). The van der Waals surface area contributed by atoms with Crippen molar-refractivity contribution in [2.45, 2.75) is 19.4 Å². The third-order valence-corrected chi connectivity index (χ3v) is 2.15. The van der Waals surface area contributed by atoms with E-state index >= 15 is 0 Å². The number of anilines is 1. The summed E-state index contributed by atoms with van der Waals surface area (Å²) in [6.45, 7) is 2.43. The molecule has 0 saturated heterocycles. The zero-order chi connectivity index (χ0) is 11.3. The van der Waals surface area contributed by atoms with Crippen LogP contribution in [0, 0.1) is 11.3 Å². The van der Waals surface area contributed by atoms with Crippen LogP contribution in [0.15, 0.2) is 18.3 Å². The Morgan fingerprint density at radius 1 is 1.67 bits per heavy atom. The number of pyridine rings is 1. The summed E-state index contributed by atoms with van der Waals surface area (Å²) in [7, 11) is 1.87. The molecule has 1 atom stereocenters. The fourth-order valence-corrected chi connectivity index (χ4v) is 1.27. The number of nitrogens with zero attached hydrogens (tertiary/aromatic N) is 3. The van der Waals surface area contributed by atoms with Gasteiger partial charge < -0.3 is 10.0 Å². The lowest BCUT2D eigenvalue weighted by Crippen LogP contribution is -2.23. The van der Waals surface area contributed by atoms with Crippen LogP contribution in [-0.4, -0.2) is 29.8 Å². The van der Waals surface area contributed by atoms with Crippen molar-refractivity contribution in [2.75, 3.05) is 18.5 Å². The van der Waals surface area contributed by atoms with Crippen LogP contribution in [-0.2, 0) is 0 Å². The molecule has 1 aromatic rings. The number of rotatable bonds is 4. The summed E-state index contributed by atoms with van der Waals surface area (Å²) < 4.78 is 0. The van der Waals surface area contributed by atoms with Crippen molar-refractivity contribution in [1.82, 2.24) is 4.98 Å². The second-order valence-electron chi connectivity index (χ2n) is 3.55. The zero-order valence-electron chi connectivity index (χ0n) is 9.01. The minimum Gasteiger partial charge on any atom is -0.393 e. The van der Waals surface area contributed by atoms with Crippen molar-refractivity contribution >= 4 is 5.82 Å². The molecule has 1 N–H and O–H groups in total. The largest absolute Gasteiger partial charge is 0.393 e. The first-order chi connectivity index (χ1) is 7.15. The van der Waals surface area contributed by atoms with Crippen molar-refractivity contribution < 1.29 is 5.11 Å². The molecule has 80 valence electrons. The summed E-state index contributed by atoms with van der Waals surface area (Å²) in [6.07, 6.45) is 1.99. The molecule has 0 bridgehead atoms. The molecule has 1 aromatic heterocycles. The smallest absolute Gasteiger partial charge is 0.146 e. The first-order valence-electron chi connectivity index (χ1n) is 4.89. The Balaban J connectivity index is 2.73. The summed E-state index contributed by atoms with van der Waals surface area (Å²) in [6, 6.07) is 5.58. The maximum Gasteiger partial charge on any atom is 0.146 e. The minimum atomic E-state index is -0.332. The van der Waals surface area contributed by atoms with Gasteiger partial charge in [0.1, 0.15) is 11.9 Å². The van der Waals surface area contributed by atoms with E-state index in [4.69, 9.17) is 10.4 Å². The SMILES string of the molecule is CC(O)CCN(C)c1ncccc1C#N. The van der Waals surface area contributed by atoms with Crippen molar-refractivity contribution in [3.05, 3.63) is 23.9 Å². The van der Waals surface area contributed by atoms with Crippen LogP contribution in [0.4, 0.5) is 5.82 Å². The van der Waals surface area contributed by atoms with Crippen LogP contribution in [0.5, 0.6) is 0 Å². The van der Waals surface area contributed by atoms with Gasteiger partial charge in [-0.05, 0) is 25.5 Å². The summed E-state index contributed by atoms with van der Waals surface area (Å²) in [5.41, 5.74) is 0.561. The van der Waals surface area contributed by atoms with Crippen LogP contribution in [0.25, 0.3) is 0 Å². The van der Waals surface area contributed by atoms with Gasteiger partial charge in [-0.3, -0.25) is 0 Å². The van der Waals surface area contributed by atoms with Gasteiger partial charge in [-0.1, -0.05) is 0 Å². The van der Waals surface area contributed by atoms with E-state index in [9.17, 15) is 0 Å². The fraction of sp³-hybridized carbons (Fsp3) is 0.455. The van der Waals surface area contributed by atoms with Crippen molar-refractivity contribution in [3.8, 4) is 6.07 Å². The Labute approximate surface area is 89.8 Å². The Kier molecular flexibility index (Phi) is 4.07. The zero-order valence-corrected chi connectivity index (χ0v) is 9.01. The predicted octanol–water partition coefficient (Wildman–Crippen LogP) is 1.16. The molecule has 4 nitrogen and oxygen atoms in total. The molecule has 4 heteroatoms. The third-order valence-electron chi connectivity index (χ3n) is 2.15. The average molecular weight is 205 g/mol. The van der Waals surface area contributed by atoms with E-state index in [1.165, 1.54) is 0 Å².